The predicted molar refractivity (Wildman–Crippen MR) is 81.0 cm³/mol. The molecule has 0 radical (unpaired) electrons. The van der Waals surface area contributed by atoms with E-state index in [1.54, 1.807) is 0 Å². The Hall–Kier alpha value is -2.67. The number of hydrogen-bond donors (Lipinski definition) is 0. The largest absolute Gasteiger partial charge is 0.465 e. The molecule has 0 unspecified atom stereocenters. The van der Waals surface area contributed by atoms with Gasteiger partial charge in [0.15, 0.2) is 0 Å². The Morgan fingerprint density at radius 2 is 1.00 bits per heavy atom. The highest BCUT2D eigenvalue weighted by atomic mass is 32.2. The van der Waals surface area contributed by atoms with Crippen LogP contribution in [0.5, 0.6) is 0 Å². The zero-order valence-corrected chi connectivity index (χ0v) is 13.3. The topological polar surface area (TPSA) is 86.7 Å². The van der Waals surface area contributed by atoms with Gasteiger partial charge in [-0.1, -0.05) is 0 Å². The van der Waals surface area contributed by atoms with Crippen LogP contribution in [0.15, 0.2) is 58.3 Å². The van der Waals surface area contributed by atoms with E-state index >= 15 is 0 Å². The fourth-order valence-corrected chi connectivity index (χ4v) is 3.17. The molecule has 2 aromatic rings. The van der Waals surface area contributed by atoms with Gasteiger partial charge in [-0.2, -0.15) is 0 Å². The Kier molecular flexibility index (Phi) is 4.80. The number of sulfone groups is 1. The molecular formula is C16H14O6S. The summed E-state index contributed by atoms with van der Waals surface area (Å²) in [5, 5.41) is 0. The van der Waals surface area contributed by atoms with Crippen LogP contribution in [0.4, 0.5) is 0 Å². The minimum atomic E-state index is -3.74. The number of benzene rings is 2. The molecule has 2 rings (SSSR count). The molecule has 7 heteroatoms. The average Bonchev–Trinajstić information content (AvgIpc) is 2.60. The van der Waals surface area contributed by atoms with Gasteiger partial charge in [-0.15, -0.1) is 0 Å². The minimum absolute atomic E-state index is 0.0379. The minimum Gasteiger partial charge on any atom is -0.465 e. The lowest BCUT2D eigenvalue weighted by molar-refractivity contribution is 0.0592. The van der Waals surface area contributed by atoms with Gasteiger partial charge in [0.05, 0.1) is 35.1 Å². The first kappa shape index (κ1) is 16.7. The molecule has 0 fully saturated rings. The maximum atomic E-state index is 12.5. The summed E-state index contributed by atoms with van der Waals surface area (Å²) in [6.07, 6.45) is 0. The molecule has 0 bridgehead atoms. The van der Waals surface area contributed by atoms with Gasteiger partial charge in [0, 0.05) is 0 Å². The molecule has 0 aliphatic carbocycles. The standard InChI is InChI=1S/C16H14O6S/c1-21-15(17)11-3-7-13(8-4-11)23(19,20)14-9-5-12(6-10-14)16(18)22-2/h3-10H,1-2H3. The Bertz CT molecular complexity index is 754. The van der Waals surface area contributed by atoms with E-state index in [4.69, 9.17) is 0 Å². The Morgan fingerprint density at radius 1 is 0.696 bits per heavy atom. The monoisotopic (exact) mass is 334 g/mol. The van der Waals surface area contributed by atoms with Crippen LogP contribution in [0, 0.1) is 0 Å². The van der Waals surface area contributed by atoms with Crippen LogP contribution in [0.2, 0.25) is 0 Å². The number of carbonyl (C=O) groups is 2. The Balaban J connectivity index is 2.34. The van der Waals surface area contributed by atoms with Crippen LogP contribution in [0.25, 0.3) is 0 Å². The Morgan fingerprint density at radius 3 is 1.26 bits per heavy atom. The number of esters is 2. The molecule has 0 amide bonds. The van der Waals surface area contributed by atoms with Gasteiger partial charge in [-0.05, 0) is 48.5 Å². The molecule has 0 aliphatic rings. The van der Waals surface area contributed by atoms with Gasteiger partial charge < -0.3 is 9.47 Å². The first-order valence-corrected chi connectivity index (χ1v) is 8.00. The second-order valence-electron chi connectivity index (χ2n) is 4.54. The van der Waals surface area contributed by atoms with E-state index in [9.17, 15) is 18.0 Å². The number of methoxy groups -OCH3 is 2. The van der Waals surface area contributed by atoms with Gasteiger partial charge in [0.2, 0.25) is 9.84 Å². The third kappa shape index (κ3) is 3.40. The van der Waals surface area contributed by atoms with E-state index in [2.05, 4.69) is 9.47 Å². The maximum Gasteiger partial charge on any atom is 0.337 e. The fourth-order valence-electron chi connectivity index (χ4n) is 1.91. The molecule has 0 aliphatic heterocycles. The predicted octanol–water partition coefficient (Wildman–Crippen LogP) is 2.09. The van der Waals surface area contributed by atoms with Gasteiger partial charge in [-0.3, -0.25) is 0 Å². The van der Waals surface area contributed by atoms with E-state index in [0.29, 0.717) is 0 Å². The van der Waals surface area contributed by atoms with Crippen molar-refractivity contribution in [2.24, 2.45) is 0 Å². The highest BCUT2D eigenvalue weighted by molar-refractivity contribution is 7.91. The van der Waals surface area contributed by atoms with Crippen molar-refractivity contribution in [1.29, 1.82) is 0 Å². The van der Waals surface area contributed by atoms with Crippen molar-refractivity contribution >= 4 is 21.8 Å². The quantitative estimate of drug-likeness (QED) is 0.796. The molecule has 0 spiro atoms. The first-order chi connectivity index (χ1) is 10.9. The molecule has 0 aromatic heterocycles. The van der Waals surface area contributed by atoms with E-state index in [1.807, 2.05) is 0 Å². The van der Waals surface area contributed by atoms with Crippen LogP contribution >= 0.6 is 0 Å². The second kappa shape index (κ2) is 6.62. The Labute approximate surface area is 133 Å². The van der Waals surface area contributed by atoms with Gasteiger partial charge in [0.1, 0.15) is 0 Å². The molecule has 2 aromatic carbocycles. The van der Waals surface area contributed by atoms with E-state index in [1.165, 1.54) is 62.8 Å². The van der Waals surface area contributed by atoms with Crippen molar-refractivity contribution in [3.8, 4) is 0 Å². The van der Waals surface area contributed by atoms with Crippen LogP contribution < -0.4 is 0 Å². The highest BCUT2D eigenvalue weighted by Gasteiger charge is 2.19. The summed E-state index contributed by atoms with van der Waals surface area (Å²) in [5.74, 6) is -1.09. The summed E-state index contributed by atoms with van der Waals surface area (Å²) in [6, 6.07) is 10.8. The highest BCUT2D eigenvalue weighted by Crippen LogP contribution is 2.22. The zero-order chi connectivity index (χ0) is 17.0. The van der Waals surface area contributed by atoms with Crippen LogP contribution in [-0.2, 0) is 19.3 Å². The van der Waals surface area contributed by atoms with Gasteiger partial charge in [-0.25, -0.2) is 18.0 Å². The van der Waals surface area contributed by atoms with E-state index < -0.39 is 21.8 Å². The third-order valence-corrected chi connectivity index (χ3v) is 4.96. The molecule has 0 saturated carbocycles. The molecule has 23 heavy (non-hydrogen) atoms. The van der Waals surface area contributed by atoms with Crippen molar-refractivity contribution in [3.05, 3.63) is 59.7 Å². The van der Waals surface area contributed by atoms with Gasteiger partial charge in [0.25, 0.3) is 0 Å². The van der Waals surface area contributed by atoms with E-state index in [0.717, 1.165) is 0 Å². The number of hydrogen-bond acceptors (Lipinski definition) is 6. The lowest BCUT2D eigenvalue weighted by atomic mass is 10.2. The fraction of sp³-hybridized carbons (Fsp3) is 0.125. The van der Waals surface area contributed by atoms with Crippen molar-refractivity contribution < 1.29 is 27.5 Å². The molecule has 6 nitrogen and oxygen atoms in total. The maximum absolute atomic E-state index is 12.5. The summed E-state index contributed by atoms with van der Waals surface area (Å²) < 4.78 is 34.1. The smallest absolute Gasteiger partial charge is 0.337 e. The van der Waals surface area contributed by atoms with Crippen LogP contribution in [-0.4, -0.2) is 34.6 Å². The van der Waals surface area contributed by atoms with Crippen LogP contribution in [0.3, 0.4) is 0 Å². The summed E-state index contributed by atoms with van der Waals surface area (Å²) in [6.45, 7) is 0. The molecule has 0 atom stereocenters. The van der Waals surface area contributed by atoms with Crippen molar-refractivity contribution in [3.63, 3.8) is 0 Å². The summed E-state index contributed by atoms with van der Waals surface area (Å²) in [5.41, 5.74) is 0.514. The molecule has 0 heterocycles. The number of rotatable bonds is 4. The van der Waals surface area contributed by atoms with E-state index in [-0.39, 0.29) is 20.9 Å². The molecule has 120 valence electrons. The lowest BCUT2D eigenvalue weighted by Crippen LogP contribution is -2.06. The first-order valence-electron chi connectivity index (χ1n) is 6.52. The van der Waals surface area contributed by atoms with Crippen molar-refractivity contribution in [2.45, 2.75) is 9.79 Å². The lowest BCUT2D eigenvalue weighted by Gasteiger charge is -2.06. The molecular weight excluding hydrogens is 320 g/mol. The van der Waals surface area contributed by atoms with Crippen LogP contribution in [0.1, 0.15) is 20.7 Å². The van der Waals surface area contributed by atoms with Crippen molar-refractivity contribution in [2.75, 3.05) is 14.2 Å². The summed E-state index contributed by atoms with van der Waals surface area (Å²) >= 11 is 0. The SMILES string of the molecule is COC(=O)c1ccc(S(=O)(=O)c2ccc(C(=O)OC)cc2)cc1. The molecule has 0 N–H and O–H groups in total. The number of ether oxygens (including phenoxy) is 2. The average molecular weight is 334 g/mol. The zero-order valence-electron chi connectivity index (χ0n) is 12.5. The number of carbonyl (C=O) groups excluding carboxylic acids is 2. The van der Waals surface area contributed by atoms with Gasteiger partial charge >= 0.3 is 11.9 Å². The second-order valence-corrected chi connectivity index (χ2v) is 6.49. The summed E-state index contributed by atoms with van der Waals surface area (Å²) in [7, 11) is -1.25. The normalized spacial score (nSPS) is 10.9. The third-order valence-electron chi connectivity index (χ3n) is 3.17. The molecule has 0 saturated heterocycles. The van der Waals surface area contributed by atoms with Crippen molar-refractivity contribution in [1.82, 2.24) is 0 Å². The summed E-state index contributed by atoms with van der Waals surface area (Å²) in [4.78, 5) is 22.8.